The molecule has 4 aromatic carbocycles. The van der Waals surface area contributed by atoms with Crippen molar-refractivity contribution in [2.45, 2.75) is 46.6 Å². The fourth-order valence-electron chi connectivity index (χ4n) is 6.32. The Kier molecular flexibility index (Phi) is 6.71. The summed E-state index contributed by atoms with van der Waals surface area (Å²) in [7, 11) is -2.53. The molecule has 0 saturated carbocycles. The highest BCUT2D eigenvalue weighted by Crippen LogP contribution is 2.35. The highest BCUT2D eigenvalue weighted by molar-refractivity contribution is 7.11. The SMILES string of the molecule is CC(C)c1cc(-c2nccc3cc([Si](CC(C)(C)C)(c4ccccc4)c4ccccc4)oc23)cc2ccccc12. The Bertz CT molecular complexity index is 1740. The first kappa shape index (κ1) is 26.3. The molecular weight excluding hydrogens is 502 g/mol. The molecule has 0 aliphatic carbocycles. The van der Waals surface area contributed by atoms with Crippen LogP contribution in [0.1, 0.15) is 46.1 Å². The number of aromatic nitrogens is 1. The van der Waals surface area contributed by atoms with E-state index >= 15 is 0 Å². The second-order valence-corrected chi connectivity index (χ2v) is 16.3. The van der Waals surface area contributed by atoms with Gasteiger partial charge in [0.05, 0.1) is 5.38 Å². The summed E-state index contributed by atoms with van der Waals surface area (Å²) in [5.74, 6) is 0.402. The van der Waals surface area contributed by atoms with Crippen molar-refractivity contribution in [3.05, 3.63) is 121 Å². The molecule has 2 heterocycles. The molecule has 6 rings (SSSR count). The molecule has 200 valence electrons. The molecule has 6 aromatic rings. The van der Waals surface area contributed by atoms with Gasteiger partial charge >= 0.3 is 0 Å². The first-order valence-electron chi connectivity index (χ1n) is 14.3. The number of nitrogens with zero attached hydrogens (tertiary/aromatic N) is 1. The van der Waals surface area contributed by atoms with E-state index in [1.165, 1.54) is 26.7 Å². The molecule has 0 unspecified atom stereocenters. The van der Waals surface area contributed by atoms with Gasteiger partial charge in [0, 0.05) is 17.1 Å². The Balaban J connectivity index is 1.63. The summed E-state index contributed by atoms with van der Waals surface area (Å²) in [6.45, 7) is 11.6. The van der Waals surface area contributed by atoms with Crippen LogP contribution in [0.3, 0.4) is 0 Å². The van der Waals surface area contributed by atoms with E-state index in [0.29, 0.717) is 5.92 Å². The molecule has 40 heavy (non-hydrogen) atoms. The molecule has 0 fully saturated rings. The Morgan fingerprint density at radius 3 is 1.98 bits per heavy atom. The zero-order valence-corrected chi connectivity index (χ0v) is 25.1. The lowest BCUT2D eigenvalue weighted by Crippen LogP contribution is -2.68. The normalized spacial score (nSPS) is 12.4. The van der Waals surface area contributed by atoms with Gasteiger partial charge in [0.15, 0.2) is 13.7 Å². The second kappa shape index (κ2) is 10.2. The van der Waals surface area contributed by atoms with Gasteiger partial charge in [-0.05, 0) is 68.4 Å². The minimum absolute atomic E-state index is 0.0997. The number of hydrogen-bond donors (Lipinski definition) is 0. The van der Waals surface area contributed by atoms with Crippen molar-refractivity contribution in [2.24, 2.45) is 5.41 Å². The standard InChI is InChI=1S/C37H37NOSi/c1-26(2)33-23-29(22-27-14-12-13-19-32(27)33)35-36-28(20-21-38-35)24-34(39-36)40(25-37(3,4)5,30-15-8-6-9-16-30)31-17-10-7-11-18-31/h6-24,26H,25H2,1-5H3. The molecule has 3 heteroatoms. The third kappa shape index (κ3) is 4.69. The molecule has 0 aliphatic heterocycles. The lowest BCUT2D eigenvalue weighted by molar-refractivity contribution is 0.462. The highest BCUT2D eigenvalue weighted by Gasteiger charge is 2.45. The van der Waals surface area contributed by atoms with Crippen LogP contribution in [-0.2, 0) is 0 Å². The van der Waals surface area contributed by atoms with Gasteiger partial charge < -0.3 is 4.42 Å². The fourth-order valence-corrected chi connectivity index (χ4v) is 11.6. The topological polar surface area (TPSA) is 26.0 Å². The minimum Gasteiger partial charge on any atom is -0.463 e. The van der Waals surface area contributed by atoms with E-state index in [-0.39, 0.29) is 5.41 Å². The number of hydrogen-bond acceptors (Lipinski definition) is 2. The van der Waals surface area contributed by atoms with Crippen molar-refractivity contribution < 1.29 is 4.42 Å². The Labute approximate surface area is 238 Å². The van der Waals surface area contributed by atoms with Crippen LogP contribution in [0.2, 0.25) is 6.04 Å². The largest absolute Gasteiger partial charge is 0.463 e. The summed E-state index contributed by atoms with van der Waals surface area (Å²) in [6, 6.07) is 40.8. The van der Waals surface area contributed by atoms with Crippen LogP contribution in [0.25, 0.3) is 33.0 Å². The van der Waals surface area contributed by atoms with E-state index in [1.807, 2.05) is 6.20 Å². The van der Waals surface area contributed by atoms with Gasteiger partial charge in [-0.3, -0.25) is 4.98 Å². The van der Waals surface area contributed by atoms with Crippen molar-refractivity contribution in [3.8, 4) is 11.3 Å². The number of pyridine rings is 1. The lowest BCUT2D eigenvalue weighted by Gasteiger charge is -2.36. The summed E-state index contributed by atoms with van der Waals surface area (Å²) < 4.78 is 7.09. The van der Waals surface area contributed by atoms with Gasteiger partial charge in [0.2, 0.25) is 0 Å². The molecule has 2 nitrogen and oxygen atoms in total. The van der Waals surface area contributed by atoms with Crippen LogP contribution in [0.15, 0.2) is 120 Å². The summed E-state index contributed by atoms with van der Waals surface area (Å²) >= 11 is 0. The molecule has 0 saturated heterocycles. The highest BCUT2D eigenvalue weighted by atomic mass is 28.3. The Morgan fingerprint density at radius 1 is 0.725 bits per heavy atom. The smallest absolute Gasteiger partial charge is 0.193 e. The van der Waals surface area contributed by atoms with Crippen LogP contribution >= 0.6 is 0 Å². The number of rotatable bonds is 6. The van der Waals surface area contributed by atoms with E-state index in [2.05, 4.69) is 144 Å². The van der Waals surface area contributed by atoms with E-state index in [9.17, 15) is 0 Å². The first-order chi connectivity index (χ1) is 19.3. The van der Waals surface area contributed by atoms with Gasteiger partial charge in [-0.25, -0.2) is 0 Å². The predicted molar refractivity (Wildman–Crippen MR) is 173 cm³/mol. The fraction of sp³-hybridized carbons (Fsp3) is 0.216. The third-order valence-electron chi connectivity index (χ3n) is 7.97. The van der Waals surface area contributed by atoms with Gasteiger partial charge in [-0.2, -0.15) is 0 Å². The molecular formula is C37H37NOSi. The summed E-state index contributed by atoms with van der Waals surface area (Å²) in [5.41, 5.74) is 4.33. The van der Waals surface area contributed by atoms with Gasteiger partial charge in [0.1, 0.15) is 5.69 Å². The first-order valence-corrected chi connectivity index (χ1v) is 16.5. The molecule has 0 spiro atoms. The van der Waals surface area contributed by atoms with Crippen LogP contribution in [-0.4, -0.2) is 13.1 Å². The quantitative estimate of drug-likeness (QED) is 0.199. The van der Waals surface area contributed by atoms with Crippen LogP contribution < -0.4 is 15.8 Å². The molecule has 0 atom stereocenters. The van der Waals surface area contributed by atoms with Crippen molar-refractivity contribution in [1.82, 2.24) is 4.98 Å². The van der Waals surface area contributed by atoms with E-state index in [1.54, 1.807) is 0 Å². The molecule has 0 N–H and O–H groups in total. The number of benzene rings is 4. The van der Waals surface area contributed by atoms with Crippen molar-refractivity contribution >= 4 is 45.6 Å². The van der Waals surface area contributed by atoms with Gasteiger partial charge in [0.25, 0.3) is 0 Å². The van der Waals surface area contributed by atoms with Crippen molar-refractivity contribution in [2.75, 3.05) is 0 Å². The average Bonchev–Trinajstić information content (AvgIpc) is 3.41. The van der Waals surface area contributed by atoms with Crippen LogP contribution in [0.4, 0.5) is 0 Å². The molecule has 0 bridgehead atoms. The summed E-state index contributed by atoms with van der Waals surface area (Å²) in [5, 5.41) is 7.48. The number of furan rings is 1. The molecule has 2 aromatic heterocycles. The Morgan fingerprint density at radius 2 is 1.35 bits per heavy atom. The lowest BCUT2D eigenvalue weighted by atomic mass is 9.92. The average molecular weight is 540 g/mol. The third-order valence-corrected chi connectivity index (χ3v) is 13.3. The molecule has 0 aliphatic rings. The van der Waals surface area contributed by atoms with Crippen LogP contribution in [0, 0.1) is 5.41 Å². The maximum atomic E-state index is 7.09. The summed E-state index contributed by atoms with van der Waals surface area (Å²) in [6.07, 6.45) is 1.93. The Hall–Kier alpha value is -3.95. The van der Waals surface area contributed by atoms with E-state index < -0.39 is 8.07 Å². The summed E-state index contributed by atoms with van der Waals surface area (Å²) in [4.78, 5) is 4.92. The number of fused-ring (bicyclic) bond motifs is 2. The molecule has 0 amide bonds. The van der Waals surface area contributed by atoms with Gasteiger partial charge in [-0.1, -0.05) is 120 Å². The van der Waals surface area contributed by atoms with Crippen molar-refractivity contribution in [3.63, 3.8) is 0 Å². The van der Waals surface area contributed by atoms with Gasteiger partial charge in [-0.15, -0.1) is 0 Å². The maximum absolute atomic E-state index is 7.09. The van der Waals surface area contributed by atoms with Crippen LogP contribution in [0.5, 0.6) is 0 Å². The minimum atomic E-state index is -2.53. The zero-order chi connectivity index (χ0) is 27.9. The molecule has 0 radical (unpaired) electrons. The second-order valence-electron chi connectivity index (χ2n) is 12.5. The monoisotopic (exact) mass is 539 g/mol. The zero-order valence-electron chi connectivity index (χ0n) is 24.1. The van der Waals surface area contributed by atoms with Crippen molar-refractivity contribution in [1.29, 1.82) is 0 Å². The van der Waals surface area contributed by atoms with E-state index in [0.717, 1.165) is 33.7 Å². The predicted octanol–water partition coefficient (Wildman–Crippen LogP) is 8.29. The van der Waals surface area contributed by atoms with E-state index in [4.69, 9.17) is 9.40 Å². The maximum Gasteiger partial charge on any atom is 0.193 e.